The highest BCUT2D eigenvalue weighted by Gasteiger charge is 2.07. The standard InChI is InChI=1S/C11H14ClNO2/c1-7-3-4-9(6-10(7)12)13-8(2)5-11(14)15/h3-4,6,8,13H,5H2,1-2H3,(H,14,15). The molecule has 0 aliphatic heterocycles. The number of nitrogens with one attached hydrogen (secondary N) is 1. The number of carboxylic acids is 1. The summed E-state index contributed by atoms with van der Waals surface area (Å²) in [6, 6.07) is 5.48. The van der Waals surface area contributed by atoms with Gasteiger partial charge in [0.25, 0.3) is 0 Å². The van der Waals surface area contributed by atoms with Crippen molar-refractivity contribution in [2.75, 3.05) is 5.32 Å². The van der Waals surface area contributed by atoms with Crippen molar-refractivity contribution in [1.82, 2.24) is 0 Å². The first kappa shape index (κ1) is 11.9. The summed E-state index contributed by atoms with van der Waals surface area (Å²) in [6.45, 7) is 3.74. The highest BCUT2D eigenvalue weighted by atomic mass is 35.5. The third kappa shape index (κ3) is 3.80. The van der Waals surface area contributed by atoms with Gasteiger partial charge in [-0.05, 0) is 31.5 Å². The molecule has 3 nitrogen and oxygen atoms in total. The van der Waals surface area contributed by atoms with Gasteiger partial charge in [-0.2, -0.15) is 0 Å². The molecule has 1 rings (SSSR count). The molecule has 0 saturated carbocycles. The molecular formula is C11H14ClNO2. The molecule has 0 aromatic heterocycles. The predicted octanol–water partition coefficient (Wildman–Crippen LogP) is 2.92. The first-order valence-electron chi connectivity index (χ1n) is 4.73. The van der Waals surface area contributed by atoms with Crippen LogP contribution in [0.4, 0.5) is 5.69 Å². The quantitative estimate of drug-likeness (QED) is 0.832. The number of carboxylic acid groups (broad SMARTS) is 1. The van der Waals surface area contributed by atoms with Crippen LogP contribution in [-0.2, 0) is 4.79 Å². The fourth-order valence-electron chi connectivity index (χ4n) is 1.28. The molecule has 0 bridgehead atoms. The maximum absolute atomic E-state index is 10.5. The molecule has 0 aliphatic rings. The summed E-state index contributed by atoms with van der Waals surface area (Å²) < 4.78 is 0. The second-order valence-corrected chi connectivity index (χ2v) is 4.01. The fraction of sp³-hybridized carbons (Fsp3) is 0.364. The third-order valence-electron chi connectivity index (χ3n) is 2.07. The minimum Gasteiger partial charge on any atom is -0.481 e. The van der Waals surface area contributed by atoms with Crippen LogP contribution in [0.5, 0.6) is 0 Å². The minimum atomic E-state index is -0.812. The second kappa shape index (κ2) is 5.03. The van der Waals surface area contributed by atoms with Crippen LogP contribution in [0.1, 0.15) is 18.9 Å². The Labute approximate surface area is 94.1 Å². The second-order valence-electron chi connectivity index (χ2n) is 3.61. The van der Waals surface area contributed by atoms with Crippen LogP contribution in [0.15, 0.2) is 18.2 Å². The van der Waals surface area contributed by atoms with Crippen LogP contribution in [0.2, 0.25) is 5.02 Å². The third-order valence-corrected chi connectivity index (χ3v) is 2.47. The van der Waals surface area contributed by atoms with Crippen LogP contribution >= 0.6 is 11.6 Å². The van der Waals surface area contributed by atoms with Gasteiger partial charge in [-0.25, -0.2) is 0 Å². The van der Waals surface area contributed by atoms with Crippen molar-refractivity contribution in [2.24, 2.45) is 0 Å². The summed E-state index contributed by atoms with van der Waals surface area (Å²) in [6.07, 6.45) is 0.0888. The Morgan fingerprint density at radius 1 is 1.60 bits per heavy atom. The molecule has 2 N–H and O–H groups in total. The Morgan fingerprint density at radius 2 is 2.27 bits per heavy atom. The predicted molar refractivity (Wildman–Crippen MR) is 61.5 cm³/mol. The van der Waals surface area contributed by atoms with Crippen LogP contribution in [0, 0.1) is 6.92 Å². The summed E-state index contributed by atoms with van der Waals surface area (Å²) in [5.74, 6) is -0.812. The van der Waals surface area contributed by atoms with Gasteiger partial charge in [0.05, 0.1) is 6.42 Å². The van der Waals surface area contributed by atoms with Crippen molar-refractivity contribution in [1.29, 1.82) is 0 Å². The molecular weight excluding hydrogens is 214 g/mol. The van der Waals surface area contributed by atoms with E-state index in [0.717, 1.165) is 11.3 Å². The first-order chi connectivity index (χ1) is 6.99. The molecule has 1 unspecified atom stereocenters. The monoisotopic (exact) mass is 227 g/mol. The number of rotatable bonds is 4. The first-order valence-corrected chi connectivity index (χ1v) is 5.11. The van der Waals surface area contributed by atoms with Crippen molar-refractivity contribution in [3.8, 4) is 0 Å². The average molecular weight is 228 g/mol. The lowest BCUT2D eigenvalue weighted by Crippen LogP contribution is -2.19. The lowest BCUT2D eigenvalue weighted by Gasteiger charge is -2.13. The number of aliphatic carboxylic acids is 1. The average Bonchev–Trinajstić information content (AvgIpc) is 2.10. The Hall–Kier alpha value is -1.22. The molecule has 0 radical (unpaired) electrons. The molecule has 0 spiro atoms. The summed E-state index contributed by atoms with van der Waals surface area (Å²) in [5.41, 5.74) is 1.85. The van der Waals surface area contributed by atoms with E-state index in [9.17, 15) is 4.79 Å². The van der Waals surface area contributed by atoms with Gasteiger partial charge in [-0.1, -0.05) is 17.7 Å². The number of carbonyl (C=O) groups is 1. The molecule has 82 valence electrons. The zero-order valence-corrected chi connectivity index (χ0v) is 9.51. The van der Waals surface area contributed by atoms with E-state index in [1.807, 2.05) is 26.0 Å². The van der Waals surface area contributed by atoms with E-state index in [0.29, 0.717) is 5.02 Å². The van der Waals surface area contributed by atoms with E-state index in [1.165, 1.54) is 0 Å². The fourth-order valence-corrected chi connectivity index (χ4v) is 1.46. The van der Waals surface area contributed by atoms with E-state index < -0.39 is 5.97 Å². The SMILES string of the molecule is Cc1ccc(NC(C)CC(=O)O)cc1Cl. The van der Waals surface area contributed by atoms with Crippen molar-refractivity contribution in [2.45, 2.75) is 26.3 Å². The van der Waals surface area contributed by atoms with Gasteiger partial charge in [0, 0.05) is 16.8 Å². The summed E-state index contributed by atoms with van der Waals surface area (Å²) >= 11 is 5.95. The van der Waals surface area contributed by atoms with Crippen molar-refractivity contribution in [3.63, 3.8) is 0 Å². The van der Waals surface area contributed by atoms with E-state index in [2.05, 4.69) is 5.32 Å². The largest absolute Gasteiger partial charge is 0.481 e. The van der Waals surface area contributed by atoms with Gasteiger partial charge in [-0.3, -0.25) is 4.79 Å². The number of hydrogen-bond donors (Lipinski definition) is 2. The normalized spacial score (nSPS) is 12.2. The minimum absolute atomic E-state index is 0.0888. The molecule has 0 heterocycles. The van der Waals surface area contributed by atoms with Crippen LogP contribution in [0.25, 0.3) is 0 Å². The Kier molecular flexibility index (Phi) is 3.97. The van der Waals surface area contributed by atoms with E-state index in [4.69, 9.17) is 16.7 Å². The molecule has 0 amide bonds. The lowest BCUT2D eigenvalue weighted by molar-refractivity contribution is -0.137. The van der Waals surface area contributed by atoms with Gasteiger partial charge in [0.15, 0.2) is 0 Å². The molecule has 4 heteroatoms. The lowest BCUT2D eigenvalue weighted by atomic mass is 10.2. The van der Waals surface area contributed by atoms with E-state index in [-0.39, 0.29) is 12.5 Å². The topological polar surface area (TPSA) is 49.3 Å². The molecule has 15 heavy (non-hydrogen) atoms. The summed E-state index contributed by atoms with van der Waals surface area (Å²) in [7, 11) is 0. The zero-order chi connectivity index (χ0) is 11.4. The van der Waals surface area contributed by atoms with Crippen molar-refractivity contribution >= 4 is 23.3 Å². The highest BCUT2D eigenvalue weighted by Crippen LogP contribution is 2.20. The van der Waals surface area contributed by atoms with Crippen molar-refractivity contribution in [3.05, 3.63) is 28.8 Å². The molecule has 0 saturated heterocycles. The number of halogens is 1. The molecule has 1 aromatic carbocycles. The van der Waals surface area contributed by atoms with Crippen molar-refractivity contribution < 1.29 is 9.90 Å². The van der Waals surface area contributed by atoms with Gasteiger partial charge in [0.2, 0.25) is 0 Å². The Morgan fingerprint density at radius 3 is 2.80 bits per heavy atom. The number of anilines is 1. The molecule has 0 aliphatic carbocycles. The van der Waals surface area contributed by atoms with E-state index in [1.54, 1.807) is 6.07 Å². The summed E-state index contributed by atoms with van der Waals surface area (Å²) in [5, 5.41) is 12.4. The summed E-state index contributed by atoms with van der Waals surface area (Å²) in [4.78, 5) is 10.5. The van der Waals surface area contributed by atoms with Gasteiger partial charge in [0.1, 0.15) is 0 Å². The Bertz CT molecular complexity index is 366. The van der Waals surface area contributed by atoms with Gasteiger partial charge >= 0.3 is 5.97 Å². The van der Waals surface area contributed by atoms with Crippen LogP contribution < -0.4 is 5.32 Å². The van der Waals surface area contributed by atoms with Gasteiger partial charge < -0.3 is 10.4 Å². The maximum atomic E-state index is 10.5. The maximum Gasteiger partial charge on any atom is 0.305 e. The molecule has 1 aromatic rings. The van der Waals surface area contributed by atoms with Crippen LogP contribution in [0.3, 0.4) is 0 Å². The van der Waals surface area contributed by atoms with Crippen LogP contribution in [-0.4, -0.2) is 17.1 Å². The number of hydrogen-bond acceptors (Lipinski definition) is 2. The molecule has 0 fully saturated rings. The zero-order valence-electron chi connectivity index (χ0n) is 8.75. The smallest absolute Gasteiger partial charge is 0.305 e. The Balaban J connectivity index is 2.64. The van der Waals surface area contributed by atoms with Gasteiger partial charge in [-0.15, -0.1) is 0 Å². The number of benzene rings is 1. The molecule has 1 atom stereocenters. The number of aryl methyl sites for hydroxylation is 1. The van der Waals surface area contributed by atoms with E-state index >= 15 is 0 Å². The highest BCUT2D eigenvalue weighted by molar-refractivity contribution is 6.31.